The van der Waals surface area contributed by atoms with E-state index in [1.165, 1.54) is 6.33 Å². The van der Waals surface area contributed by atoms with Gasteiger partial charge in [0.1, 0.15) is 23.0 Å². The van der Waals surface area contributed by atoms with Crippen molar-refractivity contribution in [3.8, 4) is 0 Å². The lowest BCUT2D eigenvalue weighted by molar-refractivity contribution is -0.0511. The van der Waals surface area contributed by atoms with E-state index in [1.807, 2.05) is 41.0 Å². The van der Waals surface area contributed by atoms with Gasteiger partial charge in [-0.25, -0.2) is 15.0 Å². The number of benzene rings is 6. The number of anilines is 1. The predicted molar refractivity (Wildman–Crippen MR) is 209 cm³/mol. The fourth-order valence-corrected chi connectivity index (χ4v) is 7.33. The van der Waals surface area contributed by atoms with Gasteiger partial charge in [0, 0.05) is 0 Å². The minimum atomic E-state index is -0.957. The molecule has 0 saturated heterocycles. The Balaban J connectivity index is 1.29. The van der Waals surface area contributed by atoms with Crippen molar-refractivity contribution in [1.29, 1.82) is 0 Å². The number of ether oxygens (including phenoxy) is 2. The summed E-state index contributed by atoms with van der Waals surface area (Å²) in [6.07, 6.45) is 3.23. The molecule has 7 nitrogen and oxygen atoms in total. The van der Waals surface area contributed by atoms with Crippen molar-refractivity contribution in [2.45, 2.75) is 17.2 Å². The zero-order valence-corrected chi connectivity index (χ0v) is 29.1. The van der Waals surface area contributed by atoms with E-state index in [0.29, 0.717) is 17.0 Å². The van der Waals surface area contributed by atoms with Crippen molar-refractivity contribution in [2.24, 2.45) is 0 Å². The number of nitrogen functional groups attached to an aromatic ring is 1. The van der Waals surface area contributed by atoms with Gasteiger partial charge >= 0.3 is 0 Å². The molecule has 0 aliphatic rings. The van der Waals surface area contributed by atoms with Crippen LogP contribution in [0.1, 0.15) is 39.4 Å². The zero-order chi connectivity index (χ0) is 35.9. The van der Waals surface area contributed by atoms with E-state index < -0.39 is 17.2 Å². The molecule has 0 unspecified atom stereocenters. The molecule has 0 amide bonds. The SMILES string of the molecule is Nc1ncnc2c1ncn2C(COC(c1ccccc1)(c1ccccc1)c1ccccc1)COC(c1ccccc1)(c1ccccc1)c1ccccc1. The van der Waals surface area contributed by atoms with Crippen LogP contribution in [0.3, 0.4) is 0 Å². The molecule has 8 rings (SSSR count). The summed E-state index contributed by atoms with van der Waals surface area (Å²) >= 11 is 0. The standard InChI is InChI=1S/C46H39N5O2/c47-43-42-44(49-33-48-43)51(34-50-42)41(31-52-45(35-19-7-1-8-20-35,36-21-9-2-10-22-36)37-23-11-3-12-24-37)32-53-46(38-25-13-4-14-26-38,39-27-15-5-16-28-39)40-29-17-6-18-30-40/h1-30,33-34,41H,31-32H2,(H2,47,48,49). The molecule has 0 radical (unpaired) electrons. The second-order valence-electron chi connectivity index (χ2n) is 12.9. The van der Waals surface area contributed by atoms with Gasteiger partial charge in [-0.2, -0.15) is 0 Å². The van der Waals surface area contributed by atoms with Gasteiger partial charge in [-0.1, -0.05) is 182 Å². The summed E-state index contributed by atoms with van der Waals surface area (Å²) in [4.78, 5) is 13.6. The molecule has 6 aromatic carbocycles. The van der Waals surface area contributed by atoms with Crippen LogP contribution in [0, 0.1) is 0 Å². The van der Waals surface area contributed by atoms with E-state index in [2.05, 4.69) is 161 Å². The maximum absolute atomic E-state index is 7.43. The van der Waals surface area contributed by atoms with Gasteiger partial charge in [-0.3, -0.25) is 0 Å². The van der Waals surface area contributed by atoms with Crippen LogP contribution in [-0.2, 0) is 20.7 Å². The second kappa shape index (κ2) is 15.1. The number of nitrogens with two attached hydrogens (primary N) is 1. The monoisotopic (exact) mass is 693 g/mol. The number of nitrogens with zero attached hydrogens (tertiary/aromatic N) is 4. The molecule has 260 valence electrons. The van der Waals surface area contributed by atoms with E-state index in [0.717, 1.165) is 33.4 Å². The Morgan fingerprint density at radius 2 is 0.774 bits per heavy atom. The van der Waals surface area contributed by atoms with Crippen molar-refractivity contribution >= 4 is 17.0 Å². The Bertz CT molecular complexity index is 2030. The van der Waals surface area contributed by atoms with Crippen molar-refractivity contribution in [3.63, 3.8) is 0 Å². The fourth-order valence-electron chi connectivity index (χ4n) is 7.33. The molecule has 7 heteroatoms. The lowest BCUT2D eigenvalue weighted by Crippen LogP contribution is -2.38. The highest BCUT2D eigenvalue weighted by molar-refractivity contribution is 5.81. The normalized spacial score (nSPS) is 11.9. The third kappa shape index (κ3) is 6.37. The van der Waals surface area contributed by atoms with Crippen LogP contribution >= 0.6 is 0 Å². The van der Waals surface area contributed by atoms with E-state index in [-0.39, 0.29) is 13.2 Å². The van der Waals surface area contributed by atoms with Crippen LogP contribution in [0.2, 0.25) is 0 Å². The highest BCUT2D eigenvalue weighted by Crippen LogP contribution is 2.43. The van der Waals surface area contributed by atoms with E-state index in [1.54, 1.807) is 6.33 Å². The summed E-state index contributed by atoms with van der Waals surface area (Å²) < 4.78 is 16.9. The van der Waals surface area contributed by atoms with Crippen molar-refractivity contribution in [3.05, 3.63) is 228 Å². The van der Waals surface area contributed by atoms with Crippen LogP contribution in [0.4, 0.5) is 5.82 Å². The molecule has 8 aromatic rings. The predicted octanol–water partition coefficient (Wildman–Crippen LogP) is 8.97. The summed E-state index contributed by atoms with van der Waals surface area (Å²) in [5.41, 5.74) is 11.6. The van der Waals surface area contributed by atoms with Crippen molar-refractivity contribution in [1.82, 2.24) is 19.5 Å². The fraction of sp³-hybridized carbons (Fsp3) is 0.109. The van der Waals surface area contributed by atoms with Gasteiger partial charge in [0.15, 0.2) is 11.5 Å². The molecule has 2 heterocycles. The topological polar surface area (TPSA) is 88.1 Å². The minimum Gasteiger partial charge on any atom is -0.382 e. The quantitative estimate of drug-likeness (QED) is 0.121. The highest BCUT2D eigenvalue weighted by atomic mass is 16.5. The van der Waals surface area contributed by atoms with E-state index >= 15 is 0 Å². The molecular formula is C46H39N5O2. The molecule has 0 bridgehead atoms. The number of hydrogen-bond donors (Lipinski definition) is 1. The van der Waals surface area contributed by atoms with Crippen LogP contribution < -0.4 is 5.73 Å². The average Bonchev–Trinajstić information content (AvgIpc) is 3.68. The second-order valence-corrected chi connectivity index (χ2v) is 12.9. The molecule has 0 fully saturated rings. The van der Waals surface area contributed by atoms with Crippen molar-refractivity contribution in [2.75, 3.05) is 18.9 Å². The zero-order valence-electron chi connectivity index (χ0n) is 29.1. The van der Waals surface area contributed by atoms with Crippen LogP contribution in [0.25, 0.3) is 11.2 Å². The minimum absolute atomic E-state index is 0.225. The Kier molecular flexibility index (Phi) is 9.58. The smallest absolute Gasteiger partial charge is 0.165 e. The lowest BCUT2D eigenvalue weighted by atomic mass is 9.80. The largest absolute Gasteiger partial charge is 0.382 e. The van der Waals surface area contributed by atoms with E-state index in [4.69, 9.17) is 15.2 Å². The Labute approximate surface area is 309 Å². The first kappa shape index (κ1) is 33.7. The Morgan fingerprint density at radius 1 is 0.453 bits per heavy atom. The number of rotatable bonds is 13. The first-order valence-electron chi connectivity index (χ1n) is 17.7. The summed E-state index contributed by atoms with van der Waals surface area (Å²) in [7, 11) is 0. The molecule has 0 saturated carbocycles. The summed E-state index contributed by atoms with van der Waals surface area (Å²) in [6, 6.07) is 61.8. The maximum Gasteiger partial charge on any atom is 0.165 e. The van der Waals surface area contributed by atoms with Gasteiger partial charge in [-0.05, 0) is 33.4 Å². The molecule has 0 spiro atoms. The Morgan fingerprint density at radius 3 is 1.09 bits per heavy atom. The summed E-state index contributed by atoms with van der Waals surface area (Å²) in [5, 5.41) is 0. The van der Waals surface area contributed by atoms with Gasteiger partial charge in [0.05, 0.1) is 25.6 Å². The summed E-state index contributed by atoms with van der Waals surface area (Å²) in [6.45, 7) is 0.449. The van der Waals surface area contributed by atoms with Crippen LogP contribution in [0.15, 0.2) is 195 Å². The number of hydrogen-bond acceptors (Lipinski definition) is 6. The van der Waals surface area contributed by atoms with Crippen LogP contribution in [0.5, 0.6) is 0 Å². The number of fused-ring (bicyclic) bond motifs is 1. The number of aromatic nitrogens is 4. The van der Waals surface area contributed by atoms with Gasteiger partial charge in [0.2, 0.25) is 0 Å². The maximum atomic E-state index is 7.43. The molecule has 2 aromatic heterocycles. The molecule has 0 aliphatic carbocycles. The van der Waals surface area contributed by atoms with Gasteiger partial charge < -0.3 is 19.8 Å². The lowest BCUT2D eigenvalue weighted by Gasteiger charge is -2.39. The highest BCUT2D eigenvalue weighted by Gasteiger charge is 2.41. The molecule has 0 atom stereocenters. The first-order chi connectivity index (χ1) is 26.2. The third-order valence-corrected chi connectivity index (χ3v) is 9.85. The molecule has 2 N–H and O–H groups in total. The third-order valence-electron chi connectivity index (χ3n) is 9.85. The van der Waals surface area contributed by atoms with Gasteiger partial charge in [-0.15, -0.1) is 0 Å². The summed E-state index contributed by atoms with van der Waals surface area (Å²) in [5.74, 6) is 0.314. The number of imidazole rings is 1. The first-order valence-corrected chi connectivity index (χ1v) is 17.7. The molecular weight excluding hydrogens is 655 g/mol. The van der Waals surface area contributed by atoms with Crippen molar-refractivity contribution < 1.29 is 9.47 Å². The Hall–Kier alpha value is -6.41. The molecule has 0 aliphatic heterocycles. The van der Waals surface area contributed by atoms with Gasteiger partial charge in [0.25, 0.3) is 0 Å². The van der Waals surface area contributed by atoms with Crippen LogP contribution in [-0.4, -0.2) is 32.7 Å². The average molecular weight is 694 g/mol. The van der Waals surface area contributed by atoms with E-state index in [9.17, 15) is 0 Å². The molecule has 53 heavy (non-hydrogen) atoms.